The van der Waals surface area contributed by atoms with Crippen molar-refractivity contribution in [1.82, 2.24) is 9.88 Å². The minimum Gasteiger partial charge on any atom is -0.358 e. The summed E-state index contributed by atoms with van der Waals surface area (Å²) < 4.78 is 0. The molecule has 1 aliphatic carbocycles. The lowest BCUT2D eigenvalue weighted by atomic mass is 9.92. The number of nitrogens with zero attached hydrogens (tertiary/aromatic N) is 1. The summed E-state index contributed by atoms with van der Waals surface area (Å²) in [4.78, 5) is 20.3. The van der Waals surface area contributed by atoms with E-state index in [2.05, 4.69) is 45.6 Å². The minimum atomic E-state index is 0.255. The molecule has 1 N–H and O–H groups in total. The zero-order valence-electron chi connectivity index (χ0n) is 15.0. The molecule has 0 spiro atoms. The second kappa shape index (κ2) is 6.58. The van der Waals surface area contributed by atoms with Gasteiger partial charge in [0.15, 0.2) is 0 Å². The van der Waals surface area contributed by atoms with Crippen molar-refractivity contribution in [2.45, 2.75) is 44.4 Å². The van der Waals surface area contributed by atoms with Gasteiger partial charge in [0.1, 0.15) is 0 Å². The Bertz CT molecular complexity index is 921. The number of aryl methyl sites for hydroxylation is 1. The number of nitrogens with one attached hydrogen (secondary N) is 1. The third-order valence-corrected chi connectivity index (χ3v) is 7.08. The van der Waals surface area contributed by atoms with Crippen LogP contribution in [0.2, 0.25) is 0 Å². The molecule has 0 bridgehead atoms. The van der Waals surface area contributed by atoms with Crippen LogP contribution in [0.1, 0.15) is 58.1 Å². The van der Waals surface area contributed by atoms with Crippen molar-refractivity contribution in [1.29, 1.82) is 0 Å². The highest BCUT2D eigenvalue weighted by molar-refractivity contribution is 7.10. The lowest BCUT2D eigenvalue weighted by Gasteiger charge is -2.32. The van der Waals surface area contributed by atoms with Gasteiger partial charge in [-0.15, -0.1) is 11.3 Å². The van der Waals surface area contributed by atoms with E-state index in [1.807, 2.05) is 0 Å². The largest absolute Gasteiger partial charge is 0.358 e. The Morgan fingerprint density at radius 2 is 2.04 bits per heavy atom. The molecule has 4 heteroatoms. The average Bonchev–Trinajstić information content (AvgIpc) is 3.32. The molecule has 1 atom stereocenters. The summed E-state index contributed by atoms with van der Waals surface area (Å²) in [5, 5.41) is 3.38. The Morgan fingerprint density at radius 1 is 1.15 bits per heavy atom. The van der Waals surface area contributed by atoms with Crippen molar-refractivity contribution < 1.29 is 4.79 Å². The van der Waals surface area contributed by atoms with Crippen LogP contribution in [0, 0.1) is 0 Å². The summed E-state index contributed by atoms with van der Waals surface area (Å²) in [5.74, 6) is 0.666. The van der Waals surface area contributed by atoms with Gasteiger partial charge in [-0.2, -0.15) is 0 Å². The summed E-state index contributed by atoms with van der Waals surface area (Å²) in [6, 6.07) is 10.7. The van der Waals surface area contributed by atoms with Crippen LogP contribution >= 0.6 is 11.3 Å². The molecular formula is C22H24N2OS. The van der Waals surface area contributed by atoms with Crippen molar-refractivity contribution in [2.24, 2.45) is 0 Å². The van der Waals surface area contributed by atoms with Crippen LogP contribution in [0.25, 0.3) is 10.9 Å². The third-order valence-electron chi connectivity index (χ3n) is 5.99. The number of carbonyl (C=O) groups excluding carboxylic acids is 1. The molecular weight excluding hydrogens is 340 g/mol. The number of thiophene rings is 1. The number of rotatable bonds is 2. The number of fused-ring (bicyclic) bond motifs is 2. The van der Waals surface area contributed by atoms with Crippen LogP contribution in [0.5, 0.6) is 0 Å². The number of H-pyrrole nitrogens is 1. The second-order valence-corrected chi connectivity index (χ2v) is 8.62. The van der Waals surface area contributed by atoms with E-state index in [1.165, 1.54) is 39.9 Å². The maximum Gasteiger partial charge on any atom is 0.255 e. The normalized spacial score (nSPS) is 20.3. The van der Waals surface area contributed by atoms with Crippen LogP contribution in [0.3, 0.4) is 0 Å². The lowest BCUT2D eigenvalue weighted by molar-refractivity contribution is 0.0705. The van der Waals surface area contributed by atoms with Crippen LogP contribution in [0.4, 0.5) is 0 Å². The van der Waals surface area contributed by atoms with Gasteiger partial charge >= 0.3 is 0 Å². The molecule has 3 nitrogen and oxygen atoms in total. The molecule has 1 saturated heterocycles. The highest BCUT2D eigenvalue weighted by atomic mass is 32.1. The fourth-order valence-corrected chi connectivity index (χ4v) is 5.69. The summed E-state index contributed by atoms with van der Waals surface area (Å²) >= 11 is 1.79. The fourth-order valence-electron chi connectivity index (χ4n) is 4.57. The molecule has 2 aliphatic rings. The van der Waals surface area contributed by atoms with Crippen LogP contribution < -0.4 is 0 Å². The number of aromatic amines is 1. The van der Waals surface area contributed by atoms with Gasteiger partial charge in [-0.05, 0) is 61.6 Å². The van der Waals surface area contributed by atoms with E-state index in [9.17, 15) is 4.79 Å². The first-order valence-electron chi connectivity index (χ1n) is 9.76. The van der Waals surface area contributed by atoms with E-state index >= 15 is 0 Å². The number of hydrogen-bond donors (Lipinski definition) is 1. The number of para-hydroxylation sites is 1. The van der Waals surface area contributed by atoms with E-state index < -0.39 is 0 Å². The number of likely N-dealkylation sites (tertiary alicyclic amines) is 1. The molecule has 5 rings (SSSR count). The quantitative estimate of drug-likeness (QED) is 0.672. The zero-order valence-corrected chi connectivity index (χ0v) is 15.8. The molecule has 3 heterocycles. The predicted molar refractivity (Wildman–Crippen MR) is 107 cm³/mol. The van der Waals surface area contributed by atoms with Gasteiger partial charge < -0.3 is 9.88 Å². The smallest absolute Gasteiger partial charge is 0.255 e. The molecule has 2 aromatic heterocycles. The Labute approximate surface area is 158 Å². The SMILES string of the molecule is O=C(c1csc2c1CCCC2)N1CCC[C@@H](c2cc3ccccc3[nH]2)C1. The summed E-state index contributed by atoms with van der Waals surface area (Å²) in [6.45, 7) is 1.72. The zero-order chi connectivity index (χ0) is 17.5. The number of aromatic nitrogens is 1. The lowest BCUT2D eigenvalue weighted by Crippen LogP contribution is -2.39. The minimum absolute atomic E-state index is 0.255. The van der Waals surface area contributed by atoms with Crippen molar-refractivity contribution in [3.8, 4) is 0 Å². The summed E-state index contributed by atoms with van der Waals surface area (Å²) in [7, 11) is 0. The number of hydrogen-bond acceptors (Lipinski definition) is 2. The van der Waals surface area contributed by atoms with E-state index in [0.717, 1.165) is 44.3 Å². The Hall–Kier alpha value is -2.07. The first-order valence-corrected chi connectivity index (χ1v) is 10.6. The molecule has 1 amide bonds. The molecule has 26 heavy (non-hydrogen) atoms. The first kappa shape index (κ1) is 16.1. The maximum absolute atomic E-state index is 13.2. The average molecular weight is 365 g/mol. The van der Waals surface area contributed by atoms with Crippen LogP contribution in [0.15, 0.2) is 35.7 Å². The first-order chi connectivity index (χ1) is 12.8. The number of carbonyl (C=O) groups is 1. The molecule has 1 aliphatic heterocycles. The number of benzene rings is 1. The highest BCUT2D eigenvalue weighted by Crippen LogP contribution is 2.33. The van der Waals surface area contributed by atoms with Crippen molar-refractivity contribution in [3.05, 3.63) is 57.4 Å². The fraction of sp³-hybridized carbons (Fsp3) is 0.409. The van der Waals surface area contributed by atoms with Gasteiger partial charge in [-0.25, -0.2) is 0 Å². The summed E-state index contributed by atoms with van der Waals surface area (Å²) in [6.07, 6.45) is 6.97. The molecule has 1 aromatic carbocycles. The van der Waals surface area contributed by atoms with E-state index in [1.54, 1.807) is 11.3 Å². The molecule has 1 fully saturated rings. The molecule has 0 saturated carbocycles. The molecule has 0 unspecified atom stereocenters. The highest BCUT2D eigenvalue weighted by Gasteiger charge is 2.29. The van der Waals surface area contributed by atoms with Crippen molar-refractivity contribution >= 4 is 28.1 Å². The van der Waals surface area contributed by atoms with Crippen LogP contribution in [-0.2, 0) is 12.8 Å². The molecule has 3 aromatic rings. The maximum atomic E-state index is 13.2. The van der Waals surface area contributed by atoms with Gasteiger partial charge in [0.2, 0.25) is 0 Å². The summed E-state index contributed by atoms with van der Waals surface area (Å²) in [5.41, 5.74) is 4.80. The van der Waals surface area contributed by atoms with Gasteiger partial charge in [0, 0.05) is 40.5 Å². The molecule has 134 valence electrons. The second-order valence-electron chi connectivity index (χ2n) is 7.66. The van der Waals surface area contributed by atoms with Gasteiger partial charge in [-0.3, -0.25) is 4.79 Å². The monoisotopic (exact) mass is 364 g/mol. The molecule has 0 radical (unpaired) electrons. The Kier molecular flexibility index (Phi) is 4.08. The number of amides is 1. The van der Waals surface area contributed by atoms with Crippen molar-refractivity contribution in [2.75, 3.05) is 13.1 Å². The van der Waals surface area contributed by atoms with Crippen LogP contribution in [-0.4, -0.2) is 28.9 Å². The Balaban J connectivity index is 1.38. The predicted octanol–water partition coefficient (Wildman–Crippen LogP) is 5.13. The van der Waals surface area contributed by atoms with E-state index in [-0.39, 0.29) is 5.91 Å². The van der Waals surface area contributed by atoms with Gasteiger partial charge in [-0.1, -0.05) is 18.2 Å². The topological polar surface area (TPSA) is 36.1 Å². The standard InChI is InChI=1S/C22H24N2OS/c25-22(18-14-26-21-10-4-2-8-17(18)21)24-11-5-7-16(13-24)20-12-15-6-1-3-9-19(15)23-20/h1,3,6,9,12,14,16,23H,2,4-5,7-8,10-11,13H2/t16-/m1/s1. The van der Waals surface area contributed by atoms with E-state index in [0.29, 0.717) is 5.92 Å². The van der Waals surface area contributed by atoms with Crippen molar-refractivity contribution in [3.63, 3.8) is 0 Å². The van der Waals surface area contributed by atoms with E-state index in [4.69, 9.17) is 0 Å². The third kappa shape index (κ3) is 2.77. The Morgan fingerprint density at radius 3 is 2.96 bits per heavy atom. The number of piperidine rings is 1. The van der Waals surface area contributed by atoms with Gasteiger partial charge in [0.05, 0.1) is 5.56 Å². The van der Waals surface area contributed by atoms with Gasteiger partial charge in [0.25, 0.3) is 5.91 Å².